The maximum Gasteiger partial charge on any atom is 0.326 e. The van der Waals surface area contributed by atoms with E-state index in [-0.39, 0.29) is 6.42 Å². The van der Waals surface area contributed by atoms with Crippen molar-refractivity contribution in [3.05, 3.63) is 107 Å². The second kappa shape index (κ2) is 11.4. The molecule has 8 nitrogen and oxygen atoms in total. The Balaban J connectivity index is 1.79. The minimum absolute atomic E-state index is 0.0876. The van der Waals surface area contributed by atoms with Gasteiger partial charge in [-0.05, 0) is 35.4 Å². The van der Waals surface area contributed by atoms with E-state index >= 15 is 0 Å². The number of aliphatic carboxylic acids is 1. The maximum atomic E-state index is 12.9. The summed E-state index contributed by atoms with van der Waals surface area (Å²) in [5.41, 5.74) is 1.72. The predicted octanol–water partition coefficient (Wildman–Crippen LogP) is 2.20. The van der Waals surface area contributed by atoms with Crippen LogP contribution in [0.25, 0.3) is 0 Å². The van der Waals surface area contributed by atoms with Crippen molar-refractivity contribution in [3.8, 4) is 6.07 Å². The standard InChI is InChI=1S/C26H23N3O5/c27-16-18-9-7-8-17(14-18)15-21(26(33)34)28-25(32)23(30)22(19-10-3-1-4-11-19)29-24(31)20-12-5-2-6-13-20/h1-14,21-23,30H,15H2,(H,28,32)(H,29,31)(H,33,34)/t21-,22+,23-/m1/s1. The second-order valence-electron chi connectivity index (χ2n) is 7.59. The lowest BCUT2D eigenvalue weighted by atomic mass is 9.99. The zero-order valence-electron chi connectivity index (χ0n) is 18.1. The van der Waals surface area contributed by atoms with Crippen LogP contribution in [0.5, 0.6) is 0 Å². The first-order valence-corrected chi connectivity index (χ1v) is 10.5. The number of carbonyl (C=O) groups excluding carboxylic acids is 2. The number of aliphatic hydroxyl groups excluding tert-OH is 1. The van der Waals surface area contributed by atoms with Crippen LogP contribution in [0.1, 0.15) is 33.1 Å². The quantitative estimate of drug-likeness (QED) is 0.388. The molecule has 0 unspecified atom stereocenters. The Morgan fingerprint density at radius 2 is 1.53 bits per heavy atom. The molecular formula is C26H23N3O5. The van der Waals surface area contributed by atoms with Gasteiger partial charge in [0, 0.05) is 12.0 Å². The maximum absolute atomic E-state index is 12.9. The Labute approximate surface area is 196 Å². The molecule has 0 aliphatic carbocycles. The molecule has 0 aromatic heterocycles. The number of rotatable bonds is 9. The third-order valence-corrected chi connectivity index (χ3v) is 5.18. The highest BCUT2D eigenvalue weighted by Gasteiger charge is 2.32. The SMILES string of the molecule is N#Cc1cccc(C[C@@H](NC(=O)[C@H](O)[C@@H](NC(=O)c2ccccc2)c2ccccc2)C(=O)O)c1. The molecule has 2 amide bonds. The molecule has 0 radical (unpaired) electrons. The molecule has 0 spiro atoms. The fraction of sp³-hybridized carbons (Fsp3) is 0.154. The molecule has 0 fully saturated rings. The number of carbonyl (C=O) groups is 3. The summed E-state index contributed by atoms with van der Waals surface area (Å²) in [6.45, 7) is 0. The van der Waals surface area contributed by atoms with E-state index < -0.39 is 36.0 Å². The van der Waals surface area contributed by atoms with E-state index in [0.29, 0.717) is 22.3 Å². The van der Waals surface area contributed by atoms with E-state index in [1.54, 1.807) is 78.9 Å². The van der Waals surface area contributed by atoms with Crippen molar-refractivity contribution in [3.63, 3.8) is 0 Å². The predicted molar refractivity (Wildman–Crippen MR) is 124 cm³/mol. The fourth-order valence-corrected chi connectivity index (χ4v) is 3.43. The molecule has 8 heteroatoms. The van der Waals surface area contributed by atoms with E-state index in [0.717, 1.165) is 0 Å². The topological polar surface area (TPSA) is 140 Å². The van der Waals surface area contributed by atoms with E-state index in [9.17, 15) is 24.6 Å². The normalized spacial score (nSPS) is 13.1. The average Bonchev–Trinajstić information content (AvgIpc) is 2.87. The molecule has 3 rings (SSSR count). The summed E-state index contributed by atoms with van der Waals surface area (Å²) < 4.78 is 0. The van der Waals surface area contributed by atoms with E-state index in [1.165, 1.54) is 6.07 Å². The minimum atomic E-state index is -1.76. The highest BCUT2D eigenvalue weighted by Crippen LogP contribution is 2.19. The van der Waals surface area contributed by atoms with Crippen molar-refractivity contribution in [2.45, 2.75) is 24.6 Å². The number of hydrogen-bond donors (Lipinski definition) is 4. The van der Waals surface area contributed by atoms with Crippen LogP contribution in [-0.4, -0.2) is 40.1 Å². The van der Waals surface area contributed by atoms with Crippen LogP contribution in [-0.2, 0) is 16.0 Å². The van der Waals surface area contributed by atoms with Gasteiger partial charge >= 0.3 is 5.97 Å². The highest BCUT2D eigenvalue weighted by molar-refractivity contribution is 5.95. The summed E-state index contributed by atoms with van der Waals surface area (Å²) >= 11 is 0. The lowest BCUT2D eigenvalue weighted by Crippen LogP contribution is -2.50. The molecular weight excluding hydrogens is 434 g/mol. The third kappa shape index (κ3) is 6.28. The van der Waals surface area contributed by atoms with Crippen LogP contribution in [0.2, 0.25) is 0 Å². The summed E-state index contributed by atoms with van der Waals surface area (Å²) in [7, 11) is 0. The molecule has 3 aromatic carbocycles. The first kappa shape index (κ1) is 24.2. The number of nitrogens with one attached hydrogen (secondary N) is 2. The summed E-state index contributed by atoms with van der Waals surface area (Å²) in [6.07, 6.45) is -1.85. The first-order valence-electron chi connectivity index (χ1n) is 10.5. The second-order valence-corrected chi connectivity index (χ2v) is 7.59. The lowest BCUT2D eigenvalue weighted by molar-refractivity contribution is -0.143. The first-order chi connectivity index (χ1) is 16.4. The van der Waals surface area contributed by atoms with Gasteiger partial charge in [-0.2, -0.15) is 5.26 Å². The van der Waals surface area contributed by atoms with E-state index in [1.807, 2.05) is 6.07 Å². The van der Waals surface area contributed by atoms with Gasteiger partial charge < -0.3 is 20.8 Å². The van der Waals surface area contributed by atoms with Gasteiger partial charge in [0.1, 0.15) is 6.04 Å². The van der Waals surface area contributed by atoms with Crippen molar-refractivity contribution in [1.82, 2.24) is 10.6 Å². The van der Waals surface area contributed by atoms with Crippen LogP contribution in [0.15, 0.2) is 84.9 Å². The molecule has 0 aliphatic heterocycles. The van der Waals surface area contributed by atoms with E-state index in [4.69, 9.17) is 5.26 Å². The number of carboxylic acid groups (broad SMARTS) is 1. The zero-order chi connectivity index (χ0) is 24.5. The largest absolute Gasteiger partial charge is 0.480 e. The summed E-state index contributed by atoms with van der Waals surface area (Å²) in [5.74, 6) is -2.75. The third-order valence-electron chi connectivity index (χ3n) is 5.18. The van der Waals surface area contributed by atoms with E-state index in [2.05, 4.69) is 10.6 Å². The van der Waals surface area contributed by atoms with Crippen molar-refractivity contribution in [2.75, 3.05) is 0 Å². The number of nitriles is 1. The molecule has 0 heterocycles. The number of benzene rings is 3. The Morgan fingerprint density at radius 1 is 0.882 bits per heavy atom. The van der Waals surface area contributed by atoms with Gasteiger partial charge in [-0.25, -0.2) is 4.79 Å². The Hall–Kier alpha value is -4.48. The van der Waals surface area contributed by atoms with Crippen molar-refractivity contribution in [2.24, 2.45) is 0 Å². The number of nitrogens with zero attached hydrogens (tertiary/aromatic N) is 1. The molecule has 34 heavy (non-hydrogen) atoms. The molecule has 0 saturated carbocycles. The molecule has 0 saturated heterocycles. The summed E-state index contributed by atoms with van der Waals surface area (Å²) in [5, 5.41) is 34.5. The Bertz CT molecular complexity index is 1190. The van der Waals surface area contributed by atoms with Crippen LogP contribution < -0.4 is 10.6 Å². The Kier molecular flexibility index (Phi) is 8.11. The minimum Gasteiger partial charge on any atom is -0.480 e. The van der Waals surface area contributed by atoms with Gasteiger partial charge in [0.25, 0.3) is 11.8 Å². The van der Waals surface area contributed by atoms with Crippen molar-refractivity contribution < 1.29 is 24.6 Å². The van der Waals surface area contributed by atoms with Gasteiger partial charge in [-0.3, -0.25) is 9.59 Å². The van der Waals surface area contributed by atoms with Crippen LogP contribution in [0, 0.1) is 11.3 Å². The molecule has 4 N–H and O–H groups in total. The zero-order valence-corrected chi connectivity index (χ0v) is 18.1. The van der Waals surface area contributed by atoms with Gasteiger partial charge in [0.15, 0.2) is 6.10 Å². The van der Waals surface area contributed by atoms with Crippen LogP contribution in [0.4, 0.5) is 0 Å². The Morgan fingerprint density at radius 3 is 2.15 bits per heavy atom. The van der Waals surface area contributed by atoms with Crippen LogP contribution >= 0.6 is 0 Å². The number of hydrogen-bond acceptors (Lipinski definition) is 5. The number of amides is 2. The van der Waals surface area contributed by atoms with Crippen molar-refractivity contribution in [1.29, 1.82) is 5.26 Å². The lowest BCUT2D eigenvalue weighted by Gasteiger charge is -2.25. The smallest absolute Gasteiger partial charge is 0.326 e. The molecule has 0 bridgehead atoms. The summed E-state index contributed by atoms with van der Waals surface area (Å²) in [6, 6.07) is 22.7. The molecule has 3 aromatic rings. The average molecular weight is 457 g/mol. The number of carboxylic acids is 1. The van der Waals surface area contributed by atoms with Crippen molar-refractivity contribution >= 4 is 17.8 Å². The molecule has 3 atom stereocenters. The molecule has 0 aliphatic rings. The summed E-state index contributed by atoms with van der Waals surface area (Å²) in [4.78, 5) is 37.4. The van der Waals surface area contributed by atoms with Gasteiger partial charge in [-0.15, -0.1) is 0 Å². The highest BCUT2D eigenvalue weighted by atomic mass is 16.4. The molecule has 172 valence electrons. The fourth-order valence-electron chi connectivity index (χ4n) is 3.43. The monoisotopic (exact) mass is 457 g/mol. The van der Waals surface area contributed by atoms with Gasteiger partial charge in [0.2, 0.25) is 0 Å². The number of aliphatic hydroxyl groups is 1. The van der Waals surface area contributed by atoms with Gasteiger partial charge in [-0.1, -0.05) is 60.7 Å². The van der Waals surface area contributed by atoms with Crippen LogP contribution in [0.3, 0.4) is 0 Å². The van der Waals surface area contributed by atoms with Gasteiger partial charge in [0.05, 0.1) is 17.7 Å².